The Morgan fingerprint density at radius 3 is 2.50 bits per heavy atom. The van der Waals surface area contributed by atoms with Crippen LogP contribution in [0.15, 0.2) is 4.52 Å². The maximum absolute atomic E-state index is 11.0. The van der Waals surface area contributed by atoms with E-state index in [9.17, 15) is 4.21 Å². The number of aromatic nitrogens is 1. The first-order valence-electron chi connectivity index (χ1n) is 3.39. The lowest BCUT2D eigenvalue weighted by atomic mass is 10.2. The Hall–Kier alpha value is -0.810. The molecule has 0 saturated heterocycles. The molecule has 1 unspecified atom stereocenters. The van der Waals surface area contributed by atoms with Crippen molar-refractivity contribution in [2.45, 2.75) is 13.8 Å². The molecule has 1 aromatic heterocycles. The molecule has 0 aliphatic heterocycles. The SMILES string of the molecule is Cc1noc(C)c1C=S(C)(=O)O. The lowest BCUT2D eigenvalue weighted by Crippen LogP contribution is -2.00. The number of rotatable bonds is 1. The summed E-state index contributed by atoms with van der Waals surface area (Å²) in [5, 5.41) is 4.93. The minimum atomic E-state index is -2.87. The minimum Gasteiger partial charge on any atom is -0.361 e. The molecule has 4 nitrogen and oxygen atoms in total. The molecule has 1 rings (SSSR count). The van der Waals surface area contributed by atoms with Crippen LogP contribution in [-0.2, 0) is 9.80 Å². The second kappa shape index (κ2) is 2.91. The van der Waals surface area contributed by atoms with E-state index in [2.05, 4.69) is 5.16 Å². The Morgan fingerprint density at radius 2 is 2.17 bits per heavy atom. The molecule has 12 heavy (non-hydrogen) atoms. The molecule has 1 atom stereocenters. The fourth-order valence-electron chi connectivity index (χ4n) is 0.877. The molecule has 0 amide bonds. The maximum atomic E-state index is 11.0. The third-order valence-electron chi connectivity index (χ3n) is 1.43. The van der Waals surface area contributed by atoms with Crippen molar-refractivity contribution in [1.29, 1.82) is 0 Å². The first-order valence-corrected chi connectivity index (χ1v) is 5.38. The van der Waals surface area contributed by atoms with E-state index in [1.165, 1.54) is 11.6 Å². The van der Waals surface area contributed by atoms with Crippen LogP contribution in [0.1, 0.15) is 17.0 Å². The second-order valence-corrected chi connectivity index (χ2v) is 4.67. The fourth-order valence-corrected chi connectivity index (χ4v) is 1.65. The van der Waals surface area contributed by atoms with Crippen LogP contribution in [0.5, 0.6) is 0 Å². The molecule has 0 bridgehead atoms. The van der Waals surface area contributed by atoms with E-state index in [1.54, 1.807) is 13.8 Å². The highest BCUT2D eigenvalue weighted by molar-refractivity contribution is 7.95. The molecule has 1 N–H and O–H groups in total. The van der Waals surface area contributed by atoms with E-state index in [-0.39, 0.29) is 0 Å². The highest BCUT2D eigenvalue weighted by Crippen LogP contribution is 2.09. The zero-order chi connectivity index (χ0) is 9.35. The van der Waals surface area contributed by atoms with Crippen LogP contribution in [0.25, 0.3) is 0 Å². The lowest BCUT2D eigenvalue weighted by molar-refractivity contribution is 0.393. The molecule has 0 fully saturated rings. The first-order chi connectivity index (χ1) is 5.40. The summed E-state index contributed by atoms with van der Waals surface area (Å²) >= 11 is 0. The maximum Gasteiger partial charge on any atom is 0.141 e. The Kier molecular flexibility index (Phi) is 2.25. The standard InChI is InChI=1S/C7H11NO3S/c1-5-7(4-12(3,9)10)6(2)11-8-5/h4H,1-3H3,(H,9,10). The average molecular weight is 189 g/mol. The minimum absolute atomic E-state index is 0.566. The van der Waals surface area contributed by atoms with E-state index in [0.717, 1.165) is 0 Å². The number of nitrogens with zero attached hydrogens (tertiary/aromatic N) is 1. The summed E-state index contributed by atoms with van der Waals surface area (Å²) in [6.07, 6.45) is 1.25. The molecule has 1 aromatic rings. The number of hydrogen-bond acceptors (Lipinski definition) is 3. The Bertz CT molecular complexity index is 371. The van der Waals surface area contributed by atoms with Crippen LogP contribution in [-0.4, -0.2) is 25.5 Å². The zero-order valence-electron chi connectivity index (χ0n) is 7.20. The molecular weight excluding hydrogens is 178 g/mol. The zero-order valence-corrected chi connectivity index (χ0v) is 8.01. The summed E-state index contributed by atoms with van der Waals surface area (Å²) in [5.41, 5.74) is 1.25. The summed E-state index contributed by atoms with van der Waals surface area (Å²) < 4.78 is 24.9. The van der Waals surface area contributed by atoms with Crippen molar-refractivity contribution >= 4 is 15.2 Å². The van der Waals surface area contributed by atoms with Crippen LogP contribution in [0.4, 0.5) is 0 Å². The third kappa shape index (κ3) is 2.09. The van der Waals surface area contributed by atoms with Gasteiger partial charge in [0.05, 0.1) is 21.1 Å². The van der Waals surface area contributed by atoms with Crippen LogP contribution in [0, 0.1) is 13.8 Å². The van der Waals surface area contributed by atoms with Crippen LogP contribution >= 0.6 is 0 Å². The average Bonchev–Trinajstić information content (AvgIpc) is 2.16. The Morgan fingerprint density at radius 1 is 1.58 bits per heavy atom. The second-order valence-electron chi connectivity index (χ2n) is 2.72. The molecule has 68 valence electrons. The van der Waals surface area contributed by atoms with Gasteiger partial charge in [0.15, 0.2) is 0 Å². The quantitative estimate of drug-likeness (QED) is 0.664. The highest BCUT2D eigenvalue weighted by Gasteiger charge is 2.07. The predicted octanol–water partition coefficient (Wildman–Crippen LogP) is 0.829. The van der Waals surface area contributed by atoms with Gasteiger partial charge in [-0.05, 0) is 13.8 Å². The van der Waals surface area contributed by atoms with E-state index >= 15 is 0 Å². The highest BCUT2D eigenvalue weighted by atomic mass is 32.2. The summed E-state index contributed by atoms with van der Waals surface area (Å²) in [7, 11) is -2.87. The summed E-state index contributed by atoms with van der Waals surface area (Å²) in [6, 6.07) is 0. The smallest absolute Gasteiger partial charge is 0.141 e. The number of aryl methyl sites for hydroxylation is 2. The van der Waals surface area contributed by atoms with Crippen molar-refractivity contribution in [3.8, 4) is 0 Å². The molecule has 0 aliphatic carbocycles. The van der Waals surface area contributed by atoms with Gasteiger partial charge in [0.25, 0.3) is 0 Å². The van der Waals surface area contributed by atoms with E-state index in [4.69, 9.17) is 9.08 Å². The summed E-state index contributed by atoms with van der Waals surface area (Å²) in [6.45, 7) is 3.44. The van der Waals surface area contributed by atoms with Gasteiger partial charge in [-0.1, -0.05) is 5.16 Å². The van der Waals surface area contributed by atoms with E-state index in [0.29, 0.717) is 17.0 Å². The number of hydrogen-bond donors (Lipinski definition) is 1. The van der Waals surface area contributed by atoms with Gasteiger partial charge in [0.2, 0.25) is 0 Å². The molecule has 0 aliphatic rings. The van der Waals surface area contributed by atoms with Gasteiger partial charge in [-0.3, -0.25) is 0 Å². The van der Waals surface area contributed by atoms with Crippen LogP contribution < -0.4 is 0 Å². The van der Waals surface area contributed by atoms with E-state index in [1.807, 2.05) is 0 Å². The van der Waals surface area contributed by atoms with Crippen LogP contribution in [0.3, 0.4) is 0 Å². The van der Waals surface area contributed by atoms with Crippen molar-refractivity contribution in [2.24, 2.45) is 0 Å². The van der Waals surface area contributed by atoms with Crippen molar-refractivity contribution in [1.82, 2.24) is 5.16 Å². The first kappa shape index (κ1) is 9.28. The lowest BCUT2D eigenvalue weighted by Gasteiger charge is -1.93. The van der Waals surface area contributed by atoms with Gasteiger partial charge < -0.3 is 9.08 Å². The van der Waals surface area contributed by atoms with Gasteiger partial charge in [0.1, 0.15) is 5.76 Å². The molecule has 0 radical (unpaired) electrons. The Labute approximate surface area is 71.4 Å². The third-order valence-corrected chi connectivity index (χ3v) is 2.10. The topological polar surface area (TPSA) is 63.3 Å². The van der Waals surface area contributed by atoms with Crippen molar-refractivity contribution in [3.63, 3.8) is 0 Å². The molecule has 0 saturated carbocycles. The normalized spacial score (nSPS) is 15.7. The van der Waals surface area contributed by atoms with Crippen molar-refractivity contribution < 1.29 is 13.3 Å². The van der Waals surface area contributed by atoms with Gasteiger partial charge in [-0.15, -0.1) is 0 Å². The van der Waals surface area contributed by atoms with Gasteiger partial charge in [-0.2, -0.15) is 0 Å². The van der Waals surface area contributed by atoms with Crippen molar-refractivity contribution in [2.75, 3.05) is 6.26 Å². The monoisotopic (exact) mass is 189 g/mol. The van der Waals surface area contributed by atoms with Gasteiger partial charge >= 0.3 is 0 Å². The van der Waals surface area contributed by atoms with Crippen LogP contribution in [0.2, 0.25) is 0 Å². The van der Waals surface area contributed by atoms with Gasteiger partial charge in [0, 0.05) is 11.6 Å². The summed E-state index contributed by atoms with van der Waals surface area (Å²) in [5.74, 6) is 0.566. The molecule has 0 aromatic carbocycles. The summed E-state index contributed by atoms with van der Waals surface area (Å²) in [4.78, 5) is 0. The molecule has 0 spiro atoms. The predicted molar refractivity (Wildman–Crippen MR) is 47.8 cm³/mol. The largest absolute Gasteiger partial charge is 0.361 e. The molecule has 5 heteroatoms. The fraction of sp³-hybridized carbons (Fsp3) is 0.429. The van der Waals surface area contributed by atoms with Gasteiger partial charge in [-0.25, -0.2) is 4.21 Å². The Balaban J connectivity index is 3.30. The van der Waals surface area contributed by atoms with E-state index < -0.39 is 9.80 Å². The van der Waals surface area contributed by atoms with Crippen molar-refractivity contribution in [3.05, 3.63) is 17.0 Å². The molecular formula is C7H11NO3S. The molecule has 1 heterocycles.